The Bertz CT molecular complexity index is 3220. The average molecular weight is 955 g/mol. The zero-order chi connectivity index (χ0) is 42.8. The van der Waals surface area contributed by atoms with Gasteiger partial charge < -0.3 is 0 Å². The van der Waals surface area contributed by atoms with E-state index in [1.54, 1.807) is 38.6 Å². The lowest BCUT2D eigenvalue weighted by atomic mass is 9.84. The number of para-hydroxylation sites is 2. The molecule has 1 aliphatic heterocycles. The summed E-state index contributed by atoms with van der Waals surface area (Å²) >= 11 is 9.82. The number of hydrogen-bond donors (Lipinski definition) is 0. The number of rotatable bonds is 15. The van der Waals surface area contributed by atoms with E-state index < -0.39 is 8.80 Å². The lowest BCUT2D eigenvalue weighted by Gasteiger charge is -2.26. The van der Waals surface area contributed by atoms with Crippen molar-refractivity contribution < 1.29 is 0 Å². The number of thiazole rings is 2. The van der Waals surface area contributed by atoms with Gasteiger partial charge >= 0.3 is 0 Å². The van der Waals surface area contributed by atoms with Gasteiger partial charge in [0.05, 0.1) is 43.9 Å². The first-order valence-electron chi connectivity index (χ1n) is 22.2. The molecule has 0 fully saturated rings. The molecular weight excluding hydrogens is 909 g/mol. The van der Waals surface area contributed by atoms with Crippen molar-refractivity contribution >= 4 is 130 Å². The smallest absolute Gasteiger partial charge is 0.145 e. The fraction of sp³-hybridized carbons (Fsp3) is 0.333. The Morgan fingerprint density at radius 3 is 1.83 bits per heavy atom. The first-order chi connectivity index (χ1) is 30.9. The van der Waals surface area contributed by atoms with Crippen LogP contribution in [0.3, 0.4) is 0 Å². The molecule has 0 bridgehead atoms. The van der Waals surface area contributed by atoms with Gasteiger partial charge in [0.2, 0.25) is 0 Å². The summed E-state index contributed by atoms with van der Waals surface area (Å²) < 4.78 is 22.0. The highest BCUT2D eigenvalue weighted by atomic mass is 32.1. The molecule has 9 heterocycles. The summed E-state index contributed by atoms with van der Waals surface area (Å²) in [6.07, 6.45) is 12.8. The molecule has 2 aromatic carbocycles. The molecule has 0 radical (unpaired) electrons. The maximum Gasteiger partial charge on any atom is 0.145 e. The van der Waals surface area contributed by atoms with Crippen LogP contribution in [0.15, 0.2) is 67.0 Å². The molecule has 4 atom stereocenters. The van der Waals surface area contributed by atoms with Gasteiger partial charge in [-0.05, 0) is 70.1 Å². The third-order valence-corrected chi connectivity index (χ3v) is 23.0. The summed E-state index contributed by atoms with van der Waals surface area (Å²) in [4.78, 5) is 25.8. The minimum absolute atomic E-state index is 0.385. The molecule has 318 valence electrons. The van der Waals surface area contributed by atoms with Gasteiger partial charge in [0.1, 0.15) is 52.3 Å². The highest BCUT2D eigenvalue weighted by molar-refractivity contribution is 7.30. The summed E-state index contributed by atoms with van der Waals surface area (Å²) in [6.45, 7) is 12.0. The molecule has 0 saturated heterocycles. The first kappa shape index (κ1) is 41.5. The lowest BCUT2D eigenvalue weighted by Crippen LogP contribution is -2.41. The molecule has 11 rings (SSSR count). The Morgan fingerprint density at radius 2 is 1.21 bits per heavy atom. The maximum atomic E-state index is 5.22. The molecule has 63 heavy (non-hydrogen) atoms. The van der Waals surface area contributed by atoms with Crippen LogP contribution in [0.2, 0.25) is 6.04 Å². The van der Waals surface area contributed by atoms with Crippen LogP contribution in [-0.2, 0) is 0 Å². The van der Waals surface area contributed by atoms with Crippen LogP contribution in [0.4, 0.5) is 0 Å². The van der Waals surface area contributed by atoms with E-state index in [4.69, 9.17) is 37.4 Å². The van der Waals surface area contributed by atoms with E-state index in [1.807, 2.05) is 41.0 Å². The topological polar surface area (TPSA) is 103 Å². The number of unbranched alkanes of at least 4 members (excludes halogenated alkanes) is 2. The summed E-state index contributed by atoms with van der Waals surface area (Å²) in [7, 11) is -1.71. The molecule has 0 aliphatic carbocycles. The Kier molecular flexibility index (Phi) is 11.4. The van der Waals surface area contributed by atoms with E-state index in [0.29, 0.717) is 17.8 Å². The van der Waals surface area contributed by atoms with Crippen molar-refractivity contribution in [1.82, 2.24) is 37.4 Å². The van der Waals surface area contributed by atoms with Crippen molar-refractivity contribution in [2.24, 2.45) is 11.8 Å². The van der Waals surface area contributed by atoms with E-state index in [0.717, 1.165) is 75.0 Å². The summed E-state index contributed by atoms with van der Waals surface area (Å²) in [6, 6.07) is 20.4. The third-order valence-electron chi connectivity index (χ3n) is 13.2. The highest BCUT2D eigenvalue weighted by Crippen LogP contribution is 2.50. The second kappa shape index (κ2) is 17.3. The second-order valence-corrected chi connectivity index (χ2v) is 25.0. The van der Waals surface area contributed by atoms with E-state index in [2.05, 4.69) is 83.3 Å². The van der Waals surface area contributed by atoms with Gasteiger partial charge in [-0.3, -0.25) is 9.97 Å². The Balaban J connectivity index is 1.08. The van der Waals surface area contributed by atoms with Crippen LogP contribution < -0.4 is 10.4 Å². The molecule has 8 aromatic heterocycles. The van der Waals surface area contributed by atoms with Gasteiger partial charge in [0.25, 0.3) is 0 Å². The summed E-state index contributed by atoms with van der Waals surface area (Å²) in [5.41, 5.74) is 10.9. The molecule has 0 saturated carbocycles. The number of pyridine rings is 2. The Labute approximate surface area is 392 Å². The third kappa shape index (κ3) is 7.22. The highest BCUT2D eigenvalue weighted by Gasteiger charge is 2.41. The SMILES string of the molecule is CCCCC(CC)C[SiH]1c2cc(-c3cnc(-c4nc5ccccc5s4)c4nsnc34)sc2-c2sc(-c3cnc(-c4nc5ccccc5s4)c4nsnc34)c(C(C)C(C)CCCC)c21. The number of aromatic nitrogens is 8. The molecule has 1 aliphatic rings. The van der Waals surface area contributed by atoms with Crippen LogP contribution >= 0.6 is 68.8 Å². The van der Waals surface area contributed by atoms with Crippen LogP contribution in [0.5, 0.6) is 0 Å². The number of hydrogen-bond acceptors (Lipinski definition) is 14. The van der Waals surface area contributed by atoms with Crippen LogP contribution in [0.1, 0.15) is 91.0 Å². The molecule has 0 N–H and O–H groups in total. The predicted octanol–water partition coefficient (Wildman–Crippen LogP) is 14.0. The van der Waals surface area contributed by atoms with E-state index in [-0.39, 0.29) is 0 Å². The molecule has 15 heteroatoms. The minimum atomic E-state index is -1.71. The van der Waals surface area contributed by atoms with Crippen molar-refractivity contribution in [2.75, 3.05) is 0 Å². The normalized spacial score (nSPS) is 15.2. The monoisotopic (exact) mass is 954 g/mol. The maximum absolute atomic E-state index is 5.22. The zero-order valence-electron chi connectivity index (χ0n) is 35.8. The van der Waals surface area contributed by atoms with Crippen LogP contribution in [0, 0.1) is 11.8 Å². The molecular formula is C48H46N8S6Si. The van der Waals surface area contributed by atoms with E-state index >= 15 is 0 Å². The van der Waals surface area contributed by atoms with Gasteiger partial charge in [-0.2, -0.15) is 17.5 Å². The van der Waals surface area contributed by atoms with E-state index in [9.17, 15) is 0 Å². The van der Waals surface area contributed by atoms with Gasteiger partial charge in [0, 0.05) is 43.0 Å². The van der Waals surface area contributed by atoms with Crippen molar-refractivity contribution in [3.05, 3.63) is 72.6 Å². The van der Waals surface area contributed by atoms with E-state index in [1.165, 1.54) is 94.0 Å². The van der Waals surface area contributed by atoms with Crippen molar-refractivity contribution in [2.45, 2.75) is 91.5 Å². The fourth-order valence-electron chi connectivity index (χ4n) is 9.52. The number of fused-ring (bicyclic) bond motifs is 7. The quantitative estimate of drug-likeness (QED) is 0.0936. The van der Waals surface area contributed by atoms with Crippen molar-refractivity contribution in [3.8, 4) is 52.0 Å². The Hall–Kier alpha value is -4.22. The molecule has 10 aromatic rings. The minimum Gasteiger partial charge on any atom is -0.251 e. The fourth-order valence-corrected chi connectivity index (χ4v) is 20.9. The molecule has 0 amide bonds. The summed E-state index contributed by atoms with van der Waals surface area (Å²) in [5, 5.41) is 5.06. The standard InChI is InChI=1S/C48H46N8S6Si/c1-6-9-15-25(4)26(5)36-43(29-23-50-42(40-38(29)54-62-56-40)48-52-31-18-12-14-20-33(31)59-48)60-45-44-35(63(46(36)45)24-27(8-3)16-10-7-2)21-34(57-44)28-22-49-41(39-37(28)53-61-55-39)47-51-30-17-11-13-19-32(30)58-47/h11-14,17-23,25-27,63H,6-10,15-16,24H2,1-5H3. The average Bonchev–Trinajstić information content (AvgIpc) is 4.17. The molecule has 8 nitrogen and oxygen atoms in total. The lowest BCUT2D eigenvalue weighted by molar-refractivity contribution is 0.439. The number of nitrogens with zero attached hydrogens (tertiary/aromatic N) is 8. The predicted molar refractivity (Wildman–Crippen MR) is 275 cm³/mol. The Morgan fingerprint density at radius 1 is 0.619 bits per heavy atom. The van der Waals surface area contributed by atoms with Crippen LogP contribution in [-0.4, -0.2) is 46.2 Å². The van der Waals surface area contributed by atoms with Gasteiger partial charge in [-0.25, -0.2) is 9.97 Å². The first-order valence-corrected chi connectivity index (χ1v) is 28.9. The van der Waals surface area contributed by atoms with Crippen molar-refractivity contribution in [3.63, 3.8) is 0 Å². The second-order valence-electron chi connectivity index (χ2n) is 17.0. The van der Waals surface area contributed by atoms with Crippen molar-refractivity contribution in [1.29, 1.82) is 0 Å². The van der Waals surface area contributed by atoms with Gasteiger partial charge in [-0.15, -0.1) is 45.3 Å². The molecule has 4 unspecified atom stereocenters. The van der Waals surface area contributed by atoms with Gasteiger partial charge in [-0.1, -0.05) is 104 Å². The summed E-state index contributed by atoms with van der Waals surface area (Å²) in [5.74, 6) is 1.62. The number of thiophene rings is 2. The molecule has 0 spiro atoms. The number of benzene rings is 2. The largest absolute Gasteiger partial charge is 0.251 e. The van der Waals surface area contributed by atoms with Gasteiger partial charge in [0.15, 0.2) is 0 Å². The van der Waals surface area contributed by atoms with Crippen LogP contribution in [0.25, 0.3) is 94.5 Å². The zero-order valence-corrected chi connectivity index (χ0v) is 41.9.